The van der Waals surface area contributed by atoms with Crippen LogP contribution in [0.5, 0.6) is 5.75 Å². The average molecular weight is 287 g/mol. The summed E-state index contributed by atoms with van der Waals surface area (Å²) in [5, 5.41) is 7.31. The summed E-state index contributed by atoms with van der Waals surface area (Å²) < 4.78 is 11.4. The topological polar surface area (TPSA) is 68.3 Å². The third-order valence-electron chi connectivity index (χ3n) is 1.97. The molecular weight excluding hydrogens is 272 g/mol. The van der Waals surface area contributed by atoms with E-state index < -0.39 is 0 Å². The lowest BCUT2D eigenvalue weighted by molar-refractivity contribution is 0.0916. The highest BCUT2D eigenvalue weighted by Gasteiger charge is 2.08. The van der Waals surface area contributed by atoms with Crippen molar-refractivity contribution in [3.63, 3.8) is 0 Å². The largest absolute Gasteiger partial charge is 0.487 e. The van der Waals surface area contributed by atoms with E-state index in [-0.39, 0.29) is 11.9 Å². The van der Waals surface area contributed by atoms with Gasteiger partial charge in [-0.3, -0.25) is 5.41 Å². The van der Waals surface area contributed by atoms with E-state index in [1.54, 1.807) is 25.3 Å². The lowest BCUT2D eigenvalue weighted by Crippen LogP contribution is -2.18. The van der Waals surface area contributed by atoms with Crippen LogP contribution in [0.3, 0.4) is 0 Å². The van der Waals surface area contributed by atoms with Gasteiger partial charge in [0.2, 0.25) is 0 Å². The van der Waals surface area contributed by atoms with Crippen LogP contribution in [0.15, 0.2) is 22.7 Å². The second kappa shape index (κ2) is 5.86. The van der Waals surface area contributed by atoms with Gasteiger partial charge in [0.25, 0.3) is 0 Å². The van der Waals surface area contributed by atoms with Crippen molar-refractivity contribution in [3.8, 4) is 5.75 Å². The Balaban J connectivity index is 2.79. The van der Waals surface area contributed by atoms with E-state index in [2.05, 4.69) is 15.9 Å². The smallest absolute Gasteiger partial charge is 0.134 e. The fourth-order valence-electron chi connectivity index (χ4n) is 1.25. The number of nitrogens with one attached hydrogen (secondary N) is 1. The molecule has 0 radical (unpaired) electrons. The minimum absolute atomic E-state index is 0.0236. The lowest BCUT2D eigenvalue weighted by Gasteiger charge is -2.15. The number of amidine groups is 1. The zero-order chi connectivity index (χ0) is 12.1. The van der Waals surface area contributed by atoms with E-state index in [0.717, 1.165) is 10.2 Å². The number of hydrogen-bond donors (Lipinski definition) is 2. The minimum Gasteiger partial charge on any atom is -0.487 e. The van der Waals surface area contributed by atoms with Gasteiger partial charge in [-0.05, 0) is 41.1 Å². The molecule has 1 atom stereocenters. The van der Waals surface area contributed by atoms with Crippen molar-refractivity contribution in [3.05, 3.63) is 28.2 Å². The molecule has 0 aliphatic carbocycles. The maximum Gasteiger partial charge on any atom is 0.134 e. The standard InChI is InChI=1S/C11H15BrN2O2/c1-7(6-15-2)16-10-4-3-8(11(13)14)5-9(10)12/h3-5,7H,6H2,1-2H3,(H3,13,14). The molecule has 5 heteroatoms. The Kier molecular flexibility index (Phi) is 4.76. The van der Waals surface area contributed by atoms with Crippen LogP contribution in [0.1, 0.15) is 12.5 Å². The number of ether oxygens (including phenoxy) is 2. The van der Waals surface area contributed by atoms with Crippen LogP contribution in [-0.2, 0) is 4.74 Å². The molecule has 3 N–H and O–H groups in total. The summed E-state index contributed by atoms with van der Waals surface area (Å²) in [6.45, 7) is 2.45. The van der Waals surface area contributed by atoms with E-state index in [1.165, 1.54) is 0 Å². The molecule has 0 bridgehead atoms. The Hall–Kier alpha value is -1.07. The first-order valence-electron chi connectivity index (χ1n) is 4.84. The fraction of sp³-hybridized carbons (Fsp3) is 0.364. The summed E-state index contributed by atoms with van der Waals surface area (Å²) in [6, 6.07) is 5.30. The molecule has 0 saturated carbocycles. The van der Waals surface area contributed by atoms with Crippen molar-refractivity contribution in [2.24, 2.45) is 5.73 Å². The normalized spacial score (nSPS) is 12.2. The monoisotopic (exact) mass is 286 g/mol. The summed E-state index contributed by atoms with van der Waals surface area (Å²) in [7, 11) is 1.63. The second-order valence-corrected chi connectivity index (χ2v) is 4.30. The van der Waals surface area contributed by atoms with Gasteiger partial charge in [-0.2, -0.15) is 0 Å². The van der Waals surface area contributed by atoms with E-state index in [9.17, 15) is 0 Å². The SMILES string of the molecule is COCC(C)Oc1ccc(C(=N)N)cc1Br. The molecule has 0 aliphatic heterocycles. The molecule has 0 aromatic heterocycles. The Bertz CT molecular complexity index is 382. The first kappa shape index (κ1) is 13.0. The Morgan fingerprint density at radius 1 is 1.56 bits per heavy atom. The van der Waals surface area contributed by atoms with E-state index in [4.69, 9.17) is 20.6 Å². The second-order valence-electron chi connectivity index (χ2n) is 3.44. The number of halogens is 1. The maximum atomic E-state index is 7.31. The van der Waals surface area contributed by atoms with Crippen LogP contribution >= 0.6 is 15.9 Å². The molecule has 1 aromatic carbocycles. The van der Waals surface area contributed by atoms with Crippen molar-refractivity contribution in [1.82, 2.24) is 0 Å². The molecule has 0 fully saturated rings. The molecule has 0 heterocycles. The Labute approximate surface area is 103 Å². The summed E-state index contributed by atoms with van der Waals surface area (Å²) in [5.41, 5.74) is 6.05. The van der Waals surface area contributed by atoms with Crippen molar-refractivity contribution >= 4 is 21.8 Å². The summed E-state index contributed by atoms with van der Waals surface area (Å²) in [5.74, 6) is 0.756. The molecule has 0 amide bonds. The Morgan fingerprint density at radius 2 is 2.25 bits per heavy atom. The van der Waals surface area contributed by atoms with E-state index in [1.807, 2.05) is 6.92 Å². The highest BCUT2D eigenvalue weighted by molar-refractivity contribution is 9.10. The quantitative estimate of drug-likeness (QED) is 0.644. The minimum atomic E-state index is -0.0236. The zero-order valence-corrected chi connectivity index (χ0v) is 10.9. The number of hydrogen-bond acceptors (Lipinski definition) is 3. The van der Waals surface area contributed by atoms with Crippen molar-refractivity contribution < 1.29 is 9.47 Å². The van der Waals surface area contributed by atoms with Gasteiger partial charge in [-0.25, -0.2) is 0 Å². The van der Waals surface area contributed by atoms with E-state index >= 15 is 0 Å². The first-order valence-corrected chi connectivity index (χ1v) is 5.63. The predicted molar refractivity (Wildman–Crippen MR) is 67.1 cm³/mol. The molecule has 1 rings (SSSR count). The third-order valence-corrected chi connectivity index (χ3v) is 2.59. The number of methoxy groups -OCH3 is 1. The van der Waals surface area contributed by atoms with Gasteiger partial charge in [0.15, 0.2) is 0 Å². The molecule has 0 saturated heterocycles. The van der Waals surface area contributed by atoms with E-state index in [0.29, 0.717) is 12.2 Å². The molecular formula is C11H15BrN2O2. The third kappa shape index (κ3) is 3.50. The highest BCUT2D eigenvalue weighted by Crippen LogP contribution is 2.26. The number of nitrogens with two attached hydrogens (primary N) is 1. The summed E-state index contributed by atoms with van der Waals surface area (Å²) in [6.07, 6.45) is -0.0236. The van der Waals surface area contributed by atoms with Crippen LogP contribution in [-0.4, -0.2) is 25.7 Å². The molecule has 16 heavy (non-hydrogen) atoms. The van der Waals surface area contributed by atoms with Gasteiger partial charge in [-0.15, -0.1) is 0 Å². The lowest BCUT2D eigenvalue weighted by atomic mass is 10.2. The average Bonchev–Trinajstić information content (AvgIpc) is 2.21. The molecule has 0 aliphatic rings. The predicted octanol–water partition coefficient (Wildman–Crippen LogP) is 2.15. The van der Waals surface area contributed by atoms with Crippen LogP contribution in [0, 0.1) is 5.41 Å². The Morgan fingerprint density at radius 3 is 2.75 bits per heavy atom. The number of benzene rings is 1. The number of nitrogen functional groups attached to an aromatic ring is 1. The molecule has 1 unspecified atom stereocenters. The van der Waals surface area contributed by atoms with Crippen LogP contribution < -0.4 is 10.5 Å². The summed E-state index contributed by atoms with van der Waals surface area (Å²) >= 11 is 3.38. The van der Waals surface area contributed by atoms with Crippen molar-refractivity contribution in [2.45, 2.75) is 13.0 Å². The van der Waals surface area contributed by atoms with Crippen LogP contribution in [0.25, 0.3) is 0 Å². The van der Waals surface area contributed by atoms with Gasteiger partial charge >= 0.3 is 0 Å². The van der Waals surface area contributed by atoms with Crippen LogP contribution in [0.2, 0.25) is 0 Å². The van der Waals surface area contributed by atoms with Crippen molar-refractivity contribution in [2.75, 3.05) is 13.7 Å². The van der Waals surface area contributed by atoms with Crippen molar-refractivity contribution in [1.29, 1.82) is 5.41 Å². The zero-order valence-electron chi connectivity index (χ0n) is 9.29. The van der Waals surface area contributed by atoms with Gasteiger partial charge in [-0.1, -0.05) is 0 Å². The van der Waals surface area contributed by atoms with Gasteiger partial charge in [0, 0.05) is 12.7 Å². The number of rotatable bonds is 5. The van der Waals surface area contributed by atoms with Crippen LogP contribution in [0.4, 0.5) is 0 Å². The van der Waals surface area contributed by atoms with Gasteiger partial charge in [0.05, 0.1) is 11.1 Å². The fourth-order valence-corrected chi connectivity index (χ4v) is 1.72. The van der Waals surface area contributed by atoms with Gasteiger partial charge < -0.3 is 15.2 Å². The highest BCUT2D eigenvalue weighted by atomic mass is 79.9. The molecule has 4 nitrogen and oxygen atoms in total. The first-order chi connectivity index (χ1) is 7.54. The van der Waals surface area contributed by atoms with Gasteiger partial charge in [0.1, 0.15) is 17.7 Å². The molecule has 1 aromatic rings. The maximum absolute atomic E-state index is 7.31. The summed E-state index contributed by atoms with van der Waals surface area (Å²) in [4.78, 5) is 0. The molecule has 88 valence electrons. The molecule has 0 spiro atoms.